The minimum Gasteiger partial charge on any atom is -0.504 e. The standard InChI is InChI=1S/C9H8F3N3O2S/c10-9(11,12)17-7-3-5(1-2-6(7)16)4-14-15-8(13)18/h1-4,16H,(H3,13,15,18). The van der Waals surface area contributed by atoms with E-state index in [1.165, 1.54) is 12.3 Å². The smallest absolute Gasteiger partial charge is 0.504 e. The Morgan fingerprint density at radius 3 is 2.72 bits per heavy atom. The minimum atomic E-state index is -4.88. The molecule has 0 aliphatic carbocycles. The van der Waals surface area contributed by atoms with Gasteiger partial charge < -0.3 is 15.6 Å². The van der Waals surface area contributed by atoms with Gasteiger partial charge in [-0.15, -0.1) is 13.2 Å². The van der Waals surface area contributed by atoms with Gasteiger partial charge in [0.25, 0.3) is 0 Å². The summed E-state index contributed by atoms with van der Waals surface area (Å²) in [4.78, 5) is 0. The molecule has 0 fully saturated rings. The van der Waals surface area contributed by atoms with Gasteiger partial charge in [0.1, 0.15) is 0 Å². The highest BCUT2D eigenvalue weighted by Gasteiger charge is 2.32. The molecule has 18 heavy (non-hydrogen) atoms. The van der Waals surface area contributed by atoms with Crippen molar-refractivity contribution < 1.29 is 23.0 Å². The molecule has 0 spiro atoms. The van der Waals surface area contributed by atoms with Crippen LogP contribution in [0.2, 0.25) is 0 Å². The second kappa shape index (κ2) is 5.54. The molecule has 0 amide bonds. The third-order valence-corrected chi connectivity index (χ3v) is 1.69. The fraction of sp³-hybridized carbons (Fsp3) is 0.111. The zero-order valence-corrected chi connectivity index (χ0v) is 9.55. The molecule has 0 heterocycles. The van der Waals surface area contributed by atoms with Gasteiger partial charge in [0.05, 0.1) is 6.21 Å². The lowest BCUT2D eigenvalue weighted by atomic mass is 10.2. The number of nitrogens with one attached hydrogen (secondary N) is 1. The molecule has 0 saturated heterocycles. The Bertz CT molecular complexity index is 477. The van der Waals surface area contributed by atoms with E-state index in [-0.39, 0.29) is 10.7 Å². The van der Waals surface area contributed by atoms with Crippen LogP contribution in [-0.2, 0) is 0 Å². The van der Waals surface area contributed by atoms with Crippen molar-refractivity contribution in [3.63, 3.8) is 0 Å². The van der Waals surface area contributed by atoms with Crippen molar-refractivity contribution in [1.29, 1.82) is 0 Å². The number of phenolic OH excluding ortho intramolecular Hbond substituents is 1. The molecule has 5 nitrogen and oxygen atoms in total. The number of aromatic hydroxyl groups is 1. The molecule has 0 aliphatic rings. The second-order valence-electron chi connectivity index (χ2n) is 3.01. The van der Waals surface area contributed by atoms with E-state index in [0.717, 1.165) is 12.1 Å². The normalized spacial score (nSPS) is 11.5. The molecule has 0 aliphatic heterocycles. The number of rotatable bonds is 3. The van der Waals surface area contributed by atoms with Gasteiger partial charge >= 0.3 is 6.36 Å². The molecule has 0 unspecified atom stereocenters. The molecular formula is C9H8F3N3O2S. The fourth-order valence-electron chi connectivity index (χ4n) is 0.988. The van der Waals surface area contributed by atoms with E-state index in [2.05, 4.69) is 27.5 Å². The number of thiocarbonyl (C=S) groups is 1. The quantitative estimate of drug-likeness (QED) is 0.443. The predicted octanol–water partition coefficient (Wildman–Crippen LogP) is 1.46. The SMILES string of the molecule is NC(=S)NN=Cc1ccc(O)c(OC(F)(F)F)c1. The largest absolute Gasteiger partial charge is 0.573 e. The van der Waals surface area contributed by atoms with Gasteiger partial charge in [-0.05, 0) is 36.0 Å². The molecule has 1 aromatic carbocycles. The van der Waals surface area contributed by atoms with Gasteiger partial charge in [-0.25, -0.2) is 0 Å². The molecule has 0 bridgehead atoms. The van der Waals surface area contributed by atoms with E-state index in [4.69, 9.17) is 5.73 Å². The van der Waals surface area contributed by atoms with Crippen LogP contribution < -0.4 is 15.9 Å². The van der Waals surface area contributed by atoms with Crippen LogP contribution in [0.1, 0.15) is 5.56 Å². The average molecular weight is 279 g/mol. The van der Waals surface area contributed by atoms with Crippen LogP contribution in [-0.4, -0.2) is 22.8 Å². The van der Waals surface area contributed by atoms with Crippen molar-refractivity contribution in [2.45, 2.75) is 6.36 Å². The van der Waals surface area contributed by atoms with Crippen LogP contribution in [0.25, 0.3) is 0 Å². The van der Waals surface area contributed by atoms with Crippen molar-refractivity contribution in [2.75, 3.05) is 0 Å². The van der Waals surface area contributed by atoms with E-state index >= 15 is 0 Å². The number of phenols is 1. The number of halogens is 3. The Morgan fingerprint density at radius 1 is 1.50 bits per heavy atom. The summed E-state index contributed by atoms with van der Waals surface area (Å²) < 4.78 is 39.6. The Morgan fingerprint density at radius 2 is 2.17 bits per heavy atom. The summed E-state index contributed by atoms with van der Waals surface area (Å²) in [6, 6.07) is 3.35. The summed E-state index contributed by atoms with van der Waals surface area (Å²) in [5.41, 5.74) is 7.58. The van der Waals surface area contributed by atoms with Crippen LogP contribution in [0.5, 0.6) is 11.5 Å². The third-order valence-electron chi connectivity index (χ3n) is 1.60. The highest BCUT2D eigenvalue weighted by molar-refractivity contribution is 7.80. The summed E-state index contributed by atoms with van der Waals surface area (Å²) in [7, 11) is 0. The van der Waals surface area contributed by atoms with Crippen molar-refractivity contribution in [3.8, 4) is 11.5 Å². The van der Waals surface area contributed by atoms with Crippen molar-refractivity contribution >= 4 is 23.5 Å². The van der Waals surface area contributed by atoms with Crippen molar-refractivity contribution in [1.82, 2.24) is 5.43 Å². The number of nitrogens with zero attached hydrogens (tertiary/aromatic N) is 1. The van der Waals surface area contributed by atoms with Crippen LogP contribution in [0.15, 0.2) is 23.3 Å². The van der Waals surface area contributed by atoms with Crippen LogP contribution in [0.3, 0.4) is 0 Å². The average Bonchev–Trinajstić information content (AvgIpc) is 2.20. The molecule has 9 heteroatoms. The highest BCUT2D eigenvalue weighted by Crippen LogP contribution is 2.31. The molecule has 0 aromatic heterocycles. The van der Waals surface area contributed by atoms with Gasteiger partial charge in [0.15, 0.2) is 16.6 Å². The summed E-state index contributed by atoms with van der Waals surface area (Å²) in [5, 5.41) is 12.6. The van der Waals surface area contributed by atoms with Crippen LogP contribution in [0.4, 0.5) is 13.2 Å². The number of hydrazone groups is 1. The Kier molecular flexibility index (Phi) is 4.32. The number of hydrogen-bond acceptors (Lipinski definition) is 4. The lowest BCUT2D eigenvalue weighted by Gasteiger charge is -2.10. The van der Waals surface area contributed by atoms with Crippen molar-refractivity contribution in [2.24, 2.45) is 10.8 Å². The van der Waals surface area contributed by atoms with Crippen LogP contribution >= 0.6 is 12.2 Å². The number of ether oxygens (including phenoxy) is 1. The first-order valence-electron chi connectivity index (χ1n) is 4.45. The van der Waals surface area contributed by atoms with Crippen LogP contribution in [0, 0.1) is 0 Å². The topological polar surface area (TPSA) is 79.9 Å². The van der Waals surface area contributed by atoms with E-state index < -0.39 is 17.9 Å². The maximum atomic E-state index is 12.0. The molecule has 98 valence electrons. The monoisotopic (exact) mass is 279 g/mol. The molecular weight excluding hydrogens is 271 g/mol. The number of nitrogens with two attached hydrogens (primary N) is 1. The zero-order valence-electron chi connectivity index (χ0n) is 8.73. The minimum absolute atomic E-state index is 0.0863. The van der Waals surface area contributed by atoms with Crippen molar-refractivity contribution in [3.05, 3.63) is 23.8 Å². The zero-order chi connectivity index (χ0) is 13.8. The first kappa shape index (κ1) is 14.0. The Hall–Kier alpha value is -2.03. The first-order chi connectivity index (χ1) is 8.28. The third kappa shape index (κ3) is 4.87. The molecule has 1 aromatic rings. The van der Waals surface area contributed by atoms with E-state index in [1.54, 1.807) is 0 Å². The molecule has 4 N–H and O–H groups in total. The summed E-state index contributed by atoms with van der Waals surface area (Å²) in [5.74, 6) is -1.35. The highest BCUT2D eigenvalue weighted by atomic mass is 32.1. The molecule has 1 rings (SSSR count). The Labute approximate surface area is 105 Å². The van der Waals surface area contributed by atoms with E-state index in [0.29, 0.717) is 0 Å². The van der Waals surface area contributed by atoms with Gasteiger partial charge in [-0.1, -0.05) is 0 Å². The number of hydrogen-bond donors (Lipinski definition) is 3. The second-order valence-corrected chi connectivity index (χ2v) is 3.45. The van der Waals surface area contributed by atoms with Gasteiger partial charge in [-0.3, -0.25) is 5.43 Å². The molecule has 0 atom stereocenters. The lowest BCUT2D eigenvalue weighted by molar-refractivity contribution is -0.275. The van der Waals surface area contributed by atoms with Gasteiger partial charge in [-0.2, -0.15) is 5.10 Å². The summed E-state index contributed by atoms with van der Waals surface area (Å²) in [6.07, 6.45) is -3.72. The predicted molar refractivity (Wildman–Crippen MR) is 62.3 cm³/mol. The maximum absolute atomic E-state index is 12.0. The van der Waals surface area contributed by atoms with E-state index in [9.17, 15) is 18.3 Å². The summed E-state index contributed by atoms with van der Waals surface area (Å²) >= 11 is 4.47. The number of alkyl halides is 3. The van der Waals surface area contributed by atoms with Gasteiger partial charge in [0.2, 0.25) is 0 Å². The summed E-state index contributed by atoms with van der Waals surface area (Å²) in [6.45, 7) is 0. The van der Waals surface area contributed by atoms with E-state index in [1.807, 2.05) is 0 Å². The lowest BCUT2D eigenvalue weighted by Crippen LogP contribution is -2.24. The fourth-order valence-corrected chi connectivity index (χ4v) is 1.04. The van der Waals surface area contributed by atoms with Gasteiger partial charge in [0, 0.05) is 0 Å². The Balaban J connectivity index is 2.87. The maximum Gasteiger partial charge on any atom is 0.573 e. The first-order valence-corrected chi connectivity index (χ1v) is 4.86. The molecule has 0 radical (unpaired) electrons. The molecule has 0 saturated carbocycles. The number of benzene rings is 1.